The van der Waals surface area contributed by atoms with Crippen LogP contribution >= 0.6 is 0 Å². The Morgan fingerprint density at radius 3 is 2.36 bits per heavy atom. The summed E-state index contributed by atoms with van der Waals surface area (Å²) < 4.78 is 20.9. The summed E-state index contributed by atoms with van der Waals surface area (Å²) in [5.41, 5.74) is 4.05. The summed E-state index contributed by atoms with van der Waals surface area (Å²) >= 11 is 0. The van der Waals surface area contributed by atoms with Crippen molar-refractivity contribution in [3.8, 4) is 22.5 Å². The summed E-state index contributed by atoms with van der Waals surface area (Å²) in [5.74, 6) is 0.339. The minimum atomic E-state index is -0.634. The van der Waals surface area contributed by atoms with Crippen molar-refractivity contribution in [2.24, 2.45) is 0 Å². The molecule has 0 saturated carbocycles. The molecule has 44 heavy (non-hydrogen) atoms. The summed E-state index contributed by atoms with van der Waals surface area (Å²) in [4.78, 5) is 42.3. The summed E-state index contributed by atoms with van der Waals surface area (Å²) in [5, 5.41) is 6.08. The van der Waals surface area contributed by atoms with Gasteiger partial charge in [-0.1, -0.05) is 12.1 Å². The number of aromatic nitrogens is 3. The van der Waals surface area contributed by atoms with Gasteiger partial charge in [0.05, 0.1) is 24.4 Å². The zero-order valence-electron chi connectivity index (χ0n) is 24.3. The molecular weight excluding hydrogens is 561 g/mol. The molecule has 5 aromatic rings. The number of morpholine rings is 1. The van der Waals surface area contributed by atoms with Crippen molar-refractivity contribution in [2.45, 2.75) is 0 Å². The van der Waals surface area contributed by atoms with E-state index in [1.54, 1.807) is 56.8 Å². The topological polar surface area (TPSA) is 113 Å². The Labute approximate surface area is 253 Å². The van der Waals surface area contributed by atoms with Crippen molar-refractivity contribution in [1.82, 2.24) is 19.9 Å². The normalized spacial score (nSPS) is 13.0. The van der Waals surface area contributed by atoms with E-state index in [1.807, 2.05) is 30.3 Å². The van der Waals surface area contributed by atoms with Gasteiger partial charge >= 0.3 is 6.03 Å². The Balaban J connectivity index is 1.26. The molecule has 2 aromatic heterocycles. The molecule has 3 amide bonds. The van der Waals surface area contributed by atoms with Gasteiger partial charge in [-0.15, -0.1) is 0 Å². The monoisotopic (exact) mass is 591 g/mol. The van der Waals surface area contributed by atoms with Crippen molar-refractivity contribution in [2.75, 3.05) is 55.9 Å². The molecule has 222 valence electrons. The number of carbonyl (C=O) groups excluding carboxylic acids is 2. The van der Waals surface area contributed by atoms with Gasteiger partial charge < -0.3 is 25.2 Å². The van der Waals surface area contributed by atoms with Gasteiger partial charge in [0.25, 0.3) is 5.91 Å². The maximum Gasteiger partial charge on any atom is 0.323 e. The largest absolute Gasteiger partial charge is 0.378 e. The molecule has 10 nitrogen and oxygen atoms in total. The summed E-state index contributed by atoms with van der Waals surface area (Å²) in [6.07, 6.45) is 3.52. The molecular formula is C33H30FN7O3. The predicted octanol–water partition coefficient (Wildman–Crippen LogP) is 5.68. The Morgan fingerprint density at radius 1 is 0.886 bits per heavy atom. The van der Waals surface area contributed by atoms with Gasteiger partial charge in [0.15, 0.2) is 5.82 Å². The second-order valence-electron chi connectivity index (χ2n) is 10.5. The number of rotatable bonds is 6. The second-order valence-corrected chi connectivity index (χ2v) is 10.5. The van der Waals surface area contributed by atoms with Crippen LogP contribution in [0.15, 0.2) is 85.2 Å². The van der Waals surface area contributed by atoms with Crippen LogP contribution in [-0.4, -0.2) is 72.2 Å². The summed E-state index contributed by atoms with van der Waals surface area (Å²) in [6.45, 7) is 2.53. The number of amides is 3. The smallest absolute Gasteiger partial charge is 0.323 e. The van der Waals surface area contributed by atoms with Crippen LogP contribution in [0.4, 0.5) is 26.4 Å². The molecule has 0 spiro atoms. The number of nitrogens with zero attached hydrogens (tertiary/aromatic N) is 5. The van der Waals surface area contributed by atoms with Crippen molar-refractivity contribution in [3.63, 3.8) is 0 Å². The lowest BCUT2D eigenvalue weighted by Crippen LogP contribution is -2.37. The van der Waals surface area contributed by atoms with Gasteiger partial charge in [-0.3, -0.25) is 9.78 Å². The molecule has 0 aliphatic carbocycles. The van der Waals surface area contributed by atoms with Crippen molar-refractivity contribution in [3.05, 3.63) is 96.6 Å². The third-order valence-electron chi connectivity index (χ3n) is 7.25. The molecule has 1 aliphatic heterocycles. The first-order valence-electron chi connectivity index (χ1n) is 14.1. The second kappa shape index (κ2) is 12.4. The summed E-state index contributed by atoms with van der Waals surface area (Å²) in [6, 6.07) is 20.2. The highest BCUT2D eigenvalue weighted by Gasteiger charge is 2.19. The van der Waals surface area contributed by atoms with E-state index in [1.165, 1.54) is 17.0 Å². The highest BCUT2D eigenvalue weighted by atomic mass is 19.1. The molecule has 1 saturated heterocycles. The molecule has 3 heterocycles. The number of fused-ring (bicyclic) bond motifs is 1. The van der Waals surface area contributed by atoms with Gasteiger partial charge in [-0.2, -0.15) is 0 Å². The molecule has 6 rings (SSSR count). The Kier molecular flexibility index (Phi) is 8.11. The fourth-order valence-electron chi connectivity index (χ4n) is 4.97. The third kappa shape index (κ3) is 6.18. The minimum absolute atomic E-state index is 0.00119. The van der Waals surface area contributed by atoms with E-state index < -0.39 is 11.8 Å². The predicted molar refractivity (Wildman–Crippen MR) is 168 cm³/mol. The number of hydrogen-bond acceptors (Lipinski definition) is 7. The number of carbonyl (C=O) groups is 2. The molecule has 3 aromatic carbocycles. The van der Waals surface area contributed by atoms with Gasteiger partial charge in [0.1, 0.15) is 11.6 Å². The quantitative estimate of drug-likeness (QED) is 0.261. The highest BCUT2D eigenvalue weighted by Crippen LogP contribution is 2.32. The van der Waals surface area contributed by atoms with Crippen LogP contribution in [-0.2, 0) is 4.74 Å². The molecule has 0 unspecified atom stereocenters. The molecule has 1 aliphatic rings. The number of pyridine rings is 1. The van der Waals surface area contributed by atoms with Crippen molar-refractivity contribution in [1.29, 1.82) is 0 Å². The van der Waals surface area contributed by atoms with Crippen molar-refractivity contribution >= 4 is 40.0 Å². The summed E-state index contributed by atoms with van der Waals surface area (Å²) in [7, 11) is 3.33. The number of benzene rings is 3. The van der Waals surface area contributed by atoms with E-state index in [0.29, 0.717) is 48.9 Å². The van der Waals surface area contributed by atoms with E-state index >= 15 is 4.39 Å². The minimum Gasteiger partial charge on any atom is -0.378 e. The number of nitrogens with one attached hydrogen (secondary N) is 2. The van der Waals surface area contributed by atoms with E-state index in [4.69, 9.17) is 14.7 Å². The first-order chi connectivity index (χ1) is 21.4. The zero-order chi connectivity index (χ0) is 30.6. The number of ether oxygens (including phenoxy) is 1. The van der Waals surface area contributed by atoms with Crippen LogP contribution in [0.25, 0.3) is 33.4 Å². The molecule has 0 bridgehead atoms. The van der Waals surface area contributed by atoms with Gasteiger partial charge in [-0.25, -0.2) is 19.2 Å². The number of hydrogen-bond donors (Lipinski definition) is 2. The van der Waals surface area contributed by atoms with E-state index in [9.17, 15) is 9.59 Å². The maximum absolute atomic E-state index is 15.3. The van der Waals surface area contributed by atoms with Crippen LogP contribution in [0.5, 0.6) is 0 Å². The first-order valence-corrected chi connectivity index (χ1v) is 14.1. The fraction of sp³-hybridized carbons (Fsp3) is 0.182. The average molecular weight is 592 g/mol. The molecule has 0 radical (unpaired) electrons. The van der Waals surface area contributed by atoms with Crippen molar-refractivity contribution < 1.29 is 18.7 Å². The van der Waals surface area contributed by atoms with Crippen LogP contribution in [0.2, 0.25) is 0 Å². The van der Waals surface area contributed by atoms with Gasteiger partial charge in [-0.05, 0) is 66.2 Å². The lowest BCUT2D eigenvalue weighted by molar-refractivity contribution is 0.0827. The number of anilines is 3. The lowest BCUT2D eigenvalue weighted by Gasteiger charge is -2.29. The highest BCUT2D eigenvalue weighted by molar-refractivity contribution is 6.01. The van der Waals surface area contributed by atoms with Crippen LogP contribution in [0.3, 0.4) is 0 Å². The maximum atomic E-state index is 15.3. The van der Waals surface area contributed by atoms with Crippen LogP contribution in [0, 0.1) is 5.82 Å². The zero-order valence-corrected chi connectivity index (χ0v) is 24.3. The molecule has 2 N–H and O–H groups in total. The van der Waals surface area contributed by atoms with E-state index in [-0.39, 0.29) is 11.6 Å². The SMILES string of the molecule is CN(C)C(=O)c1ccc(NC(=O)Nc2ccc(-c3nc(N4CCOCC4)c4ccc(-c5cccnc5)cc4n3)cc2F)cc1. The molecule has 11 heteroatoms. The van der Waals surface area contributed by atoms with Gasteiger partial charge in [0.2, 0.25) is 0 Å². The lowest BCUT2D eigenvalue weighted by atomic mass is 10.0. The van der Waals surface area contributed by atoms with Gasteiger partial charge in [0, 0.05) is 67.3 Å². The average Bonchev–Trinajstić information content (AvgIpc) is 3.05. The Bertz CT molecular complexity index is 1830. The third-order valence-corrected chi connectivity index (χ3v) is 7.25. The van der Waals surface area contributed by atoms with E-state index in [2.05, 4.69) is 20.5 Å². The van der Waals surface area contributed by atoms with Crippen LogP contribution in [0.1, 0.15) is 10.4 Å². The molecule has 0 atom stereocenters. The number of halogens is 1. The standard InChI is InChI=1S/C33H30FN7O3/c1-40(2)32(42)21-5-9-25(10-6-21)36-33(43)38-28-12-8-23(18-27(28)34)30-37-29-19-22(24-4-3-13-35-20-24)7-11-26(29)31(39-30)41-14-16-44-17-15-41/h3-13,18-20H,14-17H2,1-2H3,(H2,36,38,43). The Hall–Kier alpha value is -5.42. The van der Waals surface area contributed by atoms with E-state index in [0.717, 1.165) is 27.8 Å². The fourth-order valence-corrected chi connectivity index (χ4v) is 4.97. The number of urea groups is 1. The molecule has 1 fully saturated rings. The Morgan fingerprint density at radius 2 is 1.66 bits per heavy atom. The van der Waals surface area contributed by atoms with Crippen LogP contribution < -0.4 is 15.5 Å². The first kappa shape index (κ1) is 28.7.